The fourth-order valence-electron chi connectivity index (χ4n) is 9.04. The molecule has 3 nitrogen and oxygen atoms in total. The van der Waals surface area contributed by atoms with Crippen molar-refractivity contribution >= 4 is 32.8 Å². The number of aromatic nitrogens is 3. The number of benzene rings is 4. The molecule has 42 heavy (non-hydrogen) atoms. The summed E-state index contributed by atoms with van der Waals surface area (Å²) in [6.07, 6.45) is 13.4. The summed E-state index contributed by atoms with van der Waals surface area (Å²) in [6, 6.07) is 30.2. The number of aryl methyl sites for hydroxylation is 1. The number of para-hydroxylation sites is 3. The van der Waals surface area contributed by atoms with Gasteiger partial charge in [-0.3, -0.25) is 0 Å². The van der Waals surface area contributed by atoms with Crippen molar-refractivity contribution in [2.75, 3.05) is 0 Å². The number of hydrogen-bond acceptors (Lipinski definition) is 0. The lowest BCUT2D eigenvalue weighted by Gasteiger charge is -2.28. The molecule has 0 amide bonds. The summed E-state index contributed by atoms with van der Waals surface area (Å²) >= 11 is 0. The van der Waals surface area contributed by atoms with Crippen LogP contribution in [-0.2, 0) is 13.6 Å². The van der Waals surface area contributed by atoms with Crippen molar-refractivity contribution < 1.29 is 4.57 Å². The van der Waals surface area contributed by atoms with Gasteiger partial charge in [0.1, 0.15) is 12.2 Å². The zero-order valence-corrected chi connectivity index (χ0v) is 24.8. The molecule has 0 N–H and O–H groups in total. The Balaban J connectivity index is 1.48. The molecule has 3 aliphatic rings. The van der Waals surface area contributed by atoms with E-state index in [0.717, 1.165) is 6.54 Å². The van der Waals surface area contributed by atoms with E-state index >= 15 is 0 Å². The maximum atomic E-state index is 2.73. The Morgan fingerprint density at radius 2 is 1.31 bits per heavy atom. The van der Waals surface area contributed by atoms with E-state index in [4.69, 9.17) is 0 Å². The van der Waals surface area contributed by atoms with Gasteiger partial charge in [0.05, 0.1) is 16.5 Å². The van der Waals surface area contributed by atoms with Crippen LogP contribution in [0.15, 0.2) is 78.9 Å². The first kappa shape index (κ1) is 24.7. The maximum absolute atomic E-state index is 2.73. The van der Waals surface area contributed by atoms with E-state index in [9.17, 15) is 0 Å². The van der Waals surface area contributed by atoms with Crippen LogP contribution in [0.1, 0.15) is 92.7 Å². The van der Waals surface area contributed by atoms with Gasteiger partial charge in [-0.15, -0.1) is 0 Å². The number of imidazole rings is 1. The average molecular weight is 551 g/mol. The molecule has 0 radical (unpaired) electrons. The van der Waals surface area contributed by atoms with Gasteiger partial charge in [-0.25, -0.2) is 4.57 Å². The Bertz CT molecular complexity index is 1990. The Morgan fingerprint density at radius 1 is 0.667 bits per heavy atom. The van der Waals surface area contributed by atoms with Gasteiger partial charge in [0.25, 0.3) is 5.82 Å². The molecule has 3 heteroatoms. The molecule has 0 unspecified atom stereocenters. The monoisotopic (exact) mass is 550 g/mol. The second-order valence-electron chi connectivity index (χ2n) is 13.3. The molecule has 4 aromatic carbocycles. The summed E-state index contributed by atoms with van der Waals surface area (Å²) in [5.74, 6) is 2.62. The van der Waals surface area contributed by atoms with Crippen LogP contribution >= 0.6 is 0 Å². The van der Waals surface area contributed by atoms with Gasteiger partial charge in [0.15, 0.2) is 11.0 Å². The van der Waals surface area contributed by atoms with Gasteiger partial charge >= 0.3 is 0 Å². The van der Waals surface area contributed by atoms with Crippen molar-refractivity contribution in [1.82, 2.24) is 9.13 Å². The van der Waals surface area contributed by atoms with Crippen molar-refractivity contribution in [3.63, 3.8) is 0 Å². The normalized spacial score (nSPS) is 17.8. The van der Waals surface area contributed by atoms with Gasteiger partial charge < -0.3 is 4.57 Å². The lowest BCUT2D eigenvalue weighted by atomic mass is 9.78. The van der Waals surface area contributed by atoms with Crippen molar-refractivity contribution in [2.24, 2.45) is 7.05 Å². The van der Waals surface area contributed by atoms with Crippen LogP contribution in [0.4, 0.5) is 0 Å². The van der Waals surface area contributed by atoms with E-state index in [0.29, 0.717) is 11.8 Å². The predicted octanol–water partition coefficient (Wildman–Crippen LogP) is 9.69. The molecule has 0 bridgehead atoms. The molecule has 0 spiro atoms. The SMILES string of the molecule is Cn1c2ccccc2c2c(-n3c4[n+](c5ccccc53)Cc3ccccc3-4)c(C3CCCCC3)cc(C3CCCCC3)c21. The minimum atomic E-state index is 0.609. The third kappa shape index (κ3) is 3.49. The summed E-state index contributed by atoms with van der Waals surface area (Å²) in [6.45, 7) is 0.941. The molecule has 3 heterocycles. The zero-order chi connectivity index (χ0) is 27.8. The maximum Gasteiger partial charge on any atom is 0.295 e. The van der Waals surface area contributed by atoms with Gasteiger partial charge in [-0.2, -0.15) is 4.57 Å². The van der Waals surface area contributed by atoms with Crippen molar-refractivity contribution in [1.29, 1.82) is 0 Å². The summed E-state index contributed by atoms with van der Waals surface area (Å²) < 4.78 is 7.82. The number of nitrogens with zero attached hydrogens (tertiary/aromatic N) is 3. The van der Waals surface area contributed by atoms with Crippen LogP contribution in [0.2, 0.25) is 0 Å². The third-order valence-electron chi connectivity index (χ3n) is 11.0. The Hall–Kier alpha value is -3.85. The average Bonchev–Trinajstić information content (AvgIpc) is 3.69. The van der Waals surface area contributed by atoms with E-state index in [1.165, 1.54) is 120 Å². The summed E-state index contributed by atoms with van der Waals surface area (Å²) in [5.41, 5.74) is 13.0. The largest absolute Gasteiger partial charge is 0.343 e. The predicted molar refractivity (Wildman–Crippen MR) is 174 cm³/mol. The van der Waals surface area contributed by atoms with Crippen LogP contribution in [0, 0.1) is 0 Å². The highest BCUT2D eigenvalue weighted by Gasteiger charge is 2.38. The standard InChI is InChI=1S/C39H40N3/c1-40-33-21-11-10-20-30(33)36-37(40)31(26-14-4-2-5-15-26)24-32(27-16-6-3-7-17-27)38(36)42-35-23-13-12-22-34(35)41-25-28-18-8-9-19-29(28)39(41)42/h8-13,18-24,26-27H,2-7,14-17,25H2,1H3/q+1. The van der Waals surface area contributed by atoms with Crippen molar-refractivity contribution in [3.8, 4) is 17.1 Å². The molecular weight excluding hydrogens is 510 g/mol. The van der Waals surface area contributed by atoms with Crippen LogP contribution in [0.3, 0.4) is 0 Å². The highest BCUT2D eigenvalue weighted by Crippen LogP contribution is 2.49. The van der Waals surface area contributed by atoms with E-state index in [1.54, 1.807) is 11.1 Å². The molecule has 0 saturated heterocycles. The first-order valence-electron chi connectivity index (χ1n) is 16.5. The van der Waals surface area contributed by atoms with Crippen LogP contribution in [0.25, 0.3) is 49.9 Å². The summed E-state index contributed by atoms with van der Waals surface area (Å²) in [7, 11) is 2.32. The Kier molecular flexibility index (Phi) is 5.64. The fourth-order valence-corrected chi connectivity index (χ4v) is 9.04. The zero-order valence-electron chi connectivity index (χ0n) is 24.8. The van der Waals surface area contributed by atoms with E-state index < -0.39 is 0 Å². The molecule has 9 rings (SSSR count). The molecule has 2 saturated carbocycles. The second kappa shape index (κ2) is 9.59. The van der Waals surface area contributed by atoms with E-state index in [-0.39, 0.29) is 0 Å². The summed E-state index contributed by atoms with van der Waals surface area (Å²) in [4.78, 5) is 0. The van der Waals surface area contributed by atoms with Gasteiger partial charge in [-0.05, 0) is 73.4 Å². The highest BCUT2D eigenvalue weighted by molar-refractivity contribution is 6.14. The number of hydrogen-bond donors (Lipinski definition) is 0. The van der Waals surface area contributed by atoms with Gasteiger partial charge in [-0.1, -0.05) is 87.1 Å². The minimum absolute atomic E-state index is 0.609. The Labute approximate surface area is 248 Å². The quantitative estimate of drug-likeness (QED) is 0.194. The fraction of sp³-hybridized carbons (Fsp3) is 0.359. The van der Waals surface area contributed by atoms with Gasteiger partial charge in [0.2, 0.25) is 0 Å². The second-order valence-corrected chi connectivity index (χ2v) is 13.3. The first-order chi connectivity index (χ1) is 20.8. The topological polar surface area (TPSA) is 13.7 Å². The molecule has 2 aromatic heterocycles. The molecule has 2 aliphatic carbocycles. The minimum Gasteiger partial charge on any atom is -0.343 e. The number of fused-ring (bicyclic) bond motifs is 8. The Morgan fingerprint density at radius 3 is 2.10 bits per heavy atom. The molecule has 0 atom stereocenters. The van der Waals surface area contributed by atoms with Crippen molar-refractivity contribution in [2.45, 2.75) is 82.6 Å². The van der Waals surface area contributed by atoms with Gasteiger partial charge in [0, 0.05) is 29.1 Å². The van der Waals surface area contributed by atoms with Crippen LogP contribution in [0.5, 0.6) is 0 Å². The third-order valence-corrected chi connectivity index (χ3v) is 11.0. The van der Waals surface area contributed by atoms with E-state index in [2.05, 4.69) is 99.6 Å². The molecule has 6 aromatic rings. The first-order valence-corrected chi connectivity index (χ1v) is 16.5. The van der Waals surface area contributed by atoms with Crippen LogP contribution in [-0.4, -0.2) is 9.13 Å². The molecular formula is C39H40N3+. The number of rotatable bonds is 3. The summed E-state index contributed by atoms with van der Waals surface area (Å²) in [5, 5.41) is 2.88. The molecule has 210 valence electrons. The lowest BCUT2D eigenvalue weighted by molar-refractivity contribution is -0.645. The molecule has 1 aliphatic heterocycles. The molecule has 2 fully saturated rings. The van der Waals surface area contributed by atoms with E-state index in [1.807, 2.05) is 0 Å². The lowest BCUT2D eigenvalue weighted by Crippen LogP contribution is -2.31. The smallest absolute Gasteiger partial charge is 0.295 e. The van der Waals surface area contributed by atoms with Crippen LogP contribution < -0.4 is 4.57 Å². The highest BCUT2D eigenvalue weighted by atomic mass is 15.2. The van der Waals surface area contributed by atoms with Crippen molar-refractivity contribution in [3.05, 3.63) is 95.6 Å².